The van der Waals surface area contributed by atoms with Crippen molar-refractivity contribution in [1.82, 2.24) is 15.4 Å². The quantitative estimate of drug-likeness (QED) is 0.169. The number of hydrogen-bond donors (Lipinski definition) is 3. The van der Waals surface area contributed by atoms with Crippen LogP contribution in [0.15, 0.2) is 51.0 Å². The Labute approximate surface area is 199 Å². The molecule has 0 aliphatic heterocycles. The second kappa shape index (κ2) is 12.5. The first-order valence-corrected chi connectivity index (χ1v) is 12.2. The SMILES string of the molecule is CCNC(=NCc1ccccc1OCC1CC1)NCCNS(=O)(=O)c1cccs1.I. The van der Waals surface area contributed by atoms with Crippen LogP contribution in [0.2, 0.25) is 0 Å². The summed E-state index contributed by atoms with van der Waals surface area (Å²) in [5.74, 6) is 2.21. The van der Waals surface area contributed by atoms with E-state index in [4.69, 9.17) is 4.74 Å². The minimum absolute atomic E-state index is 0. The van der Waals surface area contributed by atoms with E-state index in [1.54, 1.807) is 17.5 Å². The Morgan fingerprint density at radius 3 is 2.67 bits per heavy atom. The fraction of sp³-hybridized carbons (Fsp3) is 0.450. The molecular weight excluding hydrogens is 535 g/mol. The third-order valence-corrected chi connectivity index (χ3v) is 7.22. The highest BCUT2D eigenvalue weighted by Gasteiger charge is 2.22. The van der Waals surface area contributed by atoms with Crippen LogP contribution in [-0.4, -0.2) is 40.6 Å². The molecule has 0 amide bonds. The van der Waals surface area contributed by atoms with E-state index in [-0.39, 0.29) is 30.5 Å². The fourth-order valence-corrected chi connectivity index (χ4v) is 4.70. The lowest BCUT2D eigenvalue weighted by atomic mass is 10.2. The summed E-state index contributed by atoms with van der Waals surface area (Å²) in [4.78, 5) is 4.61. The summed E-state index contributed by atoms with van der Waals surface area (Å²) in [7, 11) is -3.44. The van der Waals surface area contributed by atoms with Gasteiger partial charge in [0.15, 0.2) is 5.96 Å². The molecule has 1 aromatic heterocycles. The molecule has 0 spiro atoms. The van der Waals surface area contributed by atoms with Gasteiger partial charge in [-0.15, -0.1) is 35.3 Å². The van der Waals surface area contributed by atoms with Crippen molar-refractivity contribution in [3.05, 3.63) is 47.3 Å². The number of hydrogen-bond acceptors (Lipinski definition) is 5. The fourth-order valence-electron chi connectivity index (χ4n) is 2.63. The molecule has 1 fully saturated rings. The Balaban J connectivity index is 0.00000320. The monoisotopic (exact) mass is 564 g/mol. The summed E-state index contributed by atoms with van der Waals surface area (Å²) in [6.45, 7) is 4.65. The predicted octanol–water partition coefficient (Wildman–Crippen LogP) is 3.19. The molecule has 1 saturated carbocycles. The van der Waals surface area contributed by atoms with E-state index in [2.05, 4.69) is 20.3 Å². The normalized spacial score (nSPS) is 14.1. The first-order chi connectivity index (χ1) is 14.1. The molecule has 1 heterocycles. The topological polar surface area (TPSA) is 91.8 Å². The van der Waals surface area contributed by atoms with E-state index >= 15 is 0 Å². The maximum atomic E-state index is 12.1. The zero-order chi connectivity index (χ0) is 20.5. The van der Waals surface area contributed by atoms with Crippen LogP contribution in [-0.2, 0) is 16.6 Å². The Hall–Kier alpha value is -1.37. The van der Waals surface area contributed by atoms with Crippen LogP contribution in [0.25, 0.3) is 0 Å². The number of benzene rings is 1. The average Bonchev–Trinajstić information content (AvgIpc) is 3.37. The highest BCUT2D eigenvalue weighted by atomic mass is 127. The largest absolute Gasteiger partial charge is 0.493 e. The summed E-state index contributed by atoms with van der Waals surface area (Å²) in [6.07, 6.45) is 2.51. The number of rotatable bonds is 11. The molecule has 10 heteroatoms. The van der Waals surface area contributed by atoms with Crippen LogP contribution >= 0.6 is 35.3 Å². The van der Waals surface area contributed by atoms with Crippen molar-refractivity contribution in [2.24, 2.45) is 10.9 Å². The molecule has 0 atom stereocenters. The highest BCUT2D eigenvalue weighted by Crippen LogP contribution is 2.30. The van der Waals surface area contributed by atoms with E-state index in [0.717, 1.165) is 17.9 Å². The third kappa shape index (κ3) is 8.05. The van der Waals surface area contributed by atoms with Gasteiger partial charge >= 0.3 is 0 Å². The van der Waals surface area contributed by atoms with Crippen LogP contribution in [0.3, 0.4) is 0 Å². The van der Waals surface area contributed by atoms with Gasteiger partial charge in [0.25, 0.3) is 0 Å². The predicted molar refractivity (Wildman–Crippen MR) is 132 cm³/mol. The number of para-hydroxylation sites is 1. The molecule has 2 aromatic rings. The number of nitrogens with zero attached hydrogens (tertiary/aromatic N) is 1. The molecule has 1 aliphatic rings. The van der Waals surface area contributed by atoms with Gasteiger partial charge < -0.3 is 15.4 Å². The minimum Gasteiger partial charge on any atom is -0.493 e. The van der Waals surface area contributed by atoms with Crippen molar-refractivity contribution in [2.75, 3.05) is 26.2 Å². The summed E-state index contributed by atoms with van der Waals surface area (Å²) in [5.41, 5.74) is 1.03. The Bertz CT molecular complexity index is 901. The number of thiophene rings is 1. The van der Waals surface area contributed by atoms with Gasteiger partial charge in [0.2, 0.25) is 10.0 Å². The molecule has 7 nitrogen and oxygen atoms in total. The van der Waals surface area contributed by atoms with E-state index < -0.39 is 10.0 Å². The molecule has 1 aliphatic carbocycles. The molecule has 3 rings (SSSR count). The standard InChI is InChI=1S/C20H28N4O3S2.HI/c1-2-21-20(22-11-12-24-29(25,26)19-8-5-13-28-19)23-14-17-6-3-4-7-18(17)27-15-16-9-10-16;/h3-8,13,16,24H,2,9-12,14-15H2,1H3,(H2,21,22,23);1H. The number of halogens is 1. The molecule has 0 unspecified atom stereocenters. The van der Waals surface area contributed by atoms with Crippen LogP contribution in [0, 0.1) is 5.92 Å². The van der Waals surface area contributed by atoms with Crippen LogP contribution < -0.4 is 20.1 Å². The van der Waals surface area contributed by atoms with E-state index in [1.165, 1.54) is 24.2 Å². The van der Waals surface area contributed by atoms with Crippen molar-refractivity contribution in [1.29, 1.82) is 0 Å². The van der Waals surface area contributed by atoms with Gasteiger partial charge in [-0.1, -0.05) is 24.3 Å². The van der Waals surface area contributed by atoms with E-state index in [1.807, 2.05) is 31.2 Å². The Morgan fingerprint density at radius 2 is 1.97 bits per heavy atom. The summed E-state index contributed by atoms with van der Waals surface area (Å²) in [5, 5.41) is 8.09. The minimum atomic E-state index is -3.44. The third-order valence-electron chi connectivity index (χ3n) is 4.37. The summed E-state index contributed by atoms with van der Waals surface area (Å²) < 4.78 is 33.1. The number of aliphatic imine (C=N–C) groups is 1. The zero-order valence-electron chi connectivity index (χ0n) is 17.0. The zero-order valence-corrected chi connectivity index (χ0v) is 20.9. The lowest BCUT2D eigenvalue weighted by Gasteiger charge is -2.13. The second-order valence-electron chi connectivity index (χ2n) is 6.81. The number of sulfonamides is 1. The van der Waals surface area contributed by atoms with Gasteiger partial charge in [-0.2, -0.15) is 0 Å². The molecule has 166 valence electrons. The number of nitrogens with one attached hydrogen (secondary N) is 3. The number of ether oxygens (including phenoxy) is 1. The van der Waals surface area contributed by atoms with Crippen molar-refractivity contribution in [3.8, 4) is 5.75 Å². The lowest BCUT2D eigenvalue weighted by molar-refractivity contribution is 0.297. The molecular formula is C20H29IN4O3S2. The number of guanidine groups is 1. The summed E-state index contributed by atoms with van der Waals surface area (Å²) >= 11 is 1.20. The van der Waals surface area contributed by atoms with Gasteiger partial charge in [0.1, 0.15) is 9.96 Å². The average molecular weight is 565 g/mol. The first kappa shape index (κ1) is 24.9. The lowest BCUT2D eigenvalue weighted by Crippen LogP contribution is -2.41. The second-order valence-corrected chi connectivity index (χ2v) is 9.76. The molecule has 0 saturated heterocycles. The Kier molecular flexibility index (Phi) is 10.4. The molecule has 0 radical (unpaired) electrons. The van der Waals surface area contributed by atoms with Crippen molar-refractivity contribution >= 4 is 51.3 Å². The molecule has 1 aromatic carbocycles. The van der Waals surface area contributed by atoms with Crippen molar-refractivity contribution < 1.29 is 13.2 Å². The van der Waals surface area contributed by atoms with Crippen molar-refractivity contribution in [2.45, 2.75) is 30.5 Å². The van der Waals surface area contributed by atoms with Crippen LogP contribution in [0.4, 0.5) is 0 Å². The van der Waals surface area contributed by atoms with Gasteiger partial charge in [-0.25, -0.2) is 18.1 Å². The smallest absolute Gasteiger partial charge is 0.250 e. The van der Waals surface area contributed by atoms with Gasteiger partial charge in [-0.05, 0) is 43.2 Å². The van der Waals surface area contributed by atoms with Crippen LogP contribution in [0.5, 0.6) is 5.75 Å². The van der Waals surface area contributed by atoms with Crippen molar-refractivity contribution in [3.63, 3.8) is 0 Å². The van der Waals surface area contributed by atoms with Crippen LogP contribution in [0.1, 0.15) is 25.3 Å². The highest BCUT2D eigenvalue weighted by molar-refractivity contribution is 14.0. The first-order valence-electron chi connectivity index (χ1n) is 9.84. The van der Waals surface area contributed by atoms with Gasteiger partial charge in [0.05, 0.1) is 13.2 Å². The summed E-state index contributed by atoms with van der Waals surface area (Å²) in [6, 6.07) is 11.3. The molecule has 3 N–H and O–H groups in total. The molecule has 30 heavy (non-hydrogen) atoms. The van der Waals surface area contributed by atoms with Gasteiger partial charge in [0, 0.05) is 25.2 Å². The van der Waals surface area contributed by atoms with Gasteiger partial charge in [-0.3, -0.25) is 0 Å². The molecule has 0 bridgehead atoms. The van der Waals surface area contributed by atoms with E-state index in [9.17, 15) is 8.42 Å². The maximum absolute atomic E-state index is 12.1. The Morgan fingerprint density at radius 1 is 1.17 bits per heavy atom. The maximum Gasteiger partial charge on any atom is 0.250 e. The van der Waals surface area contributed by atoms with E-state index in [0.29, 0.717) is 35.7 Å².